The Hall–Kier alpha value is -3.55. The van der Waals surface area contributed by atoms with Crippen molar-refractivity contribution in [2.75, 3.05) is 31.6 Å². The van der Waals surface area contributed by atoms with Crippen LogP contribution in [0.25, 0.3) is 11.1 Å². The summed E-state index contributed by atoms with van der Waals surface area (Å²) in [4.78, 5) is 13.5. The molecular weight excluding hydrogens is 519 g/mol. The van der Waals surface area contributed by atoms with Crippen LogP contribution in [0.15, 0.2) is 60.7 Å². The number of aryl methyl sites for hydroxylation is 1. The summed E-state index contributed by atoms with van der Waals surface area (Å²) >= 11 is 6.63. The SMILES string of the molecule is O=C(O)Nc1ccc2c(c1)CCCC(c1ccc(O)cc1Cl)=C2c1ccc(O[C@H]2CCN(CCCF)C2)cc1. The van der Waals surface area contributed by atoms with Crippen LogP contribution < -0.4 is 10.1 Å². The summed E-state index contributed by atoms with van der Waals surface area (Å²) in [6, 6.07) is 18.8. The van der Waals surface area contributed by atoms with Gasteiger partial charge in [-0.2, -0.15) is 0 Å². The Morgan fingerprint density at radius 3 is 2.62 bits per heavy atom. The molecule has 0 saturated carbocycles. The predicted octanol–water partition coefficient (Wildman–Crippen LogP) is 7.24. The van der Waals surface area contributed by atoms with Crippen LogP contribution in [0.5, 0.6) is 11.5 Å². The number of rotatable bonds is 8. The van der Waals surface area contributed by atoms with Crippen LogP contribution in [0.3, 0.4) is 0 Å². The molecule has 1 atom stereocenters. The molecule has 0 unspecified atom stereocenters. The molecule has 0 aromatic heterocycles. The normalized spacial score (nSPS) is 17.5. The standard InChI is InChI=1S/C31H32ClFN2O4/c32-29-18-23(36)8-12-27(29)28-4-1-3-21-17-22(34-31(37)38)7-11-26(21)30(28)20-5-9-24(10-6-20)39-25-13-16-35(19-25)15-2-14-33/h5-12,17-18,25,34,36H,1-4,13-16,19H2,(H,37,38)/t25-/m0/s1. The Bertz CT molecular complexity index is 1380. The zero-order valence-corrected chi connectivity index (χ0v) is 22.4. The number of hydrogen-bond donors (Lipinski definition) is 3. The molecule has 8 heteroatoms. The number of halogens is 2. The van der Waals surface area contributed by atoms with Gasteiger partial charge in [-0.1, -0.05) is 29.8 Å². The third-order valence-electron chi connectivity index (χ3n) is 7.36. The van der Waals surface area contributed by atoms with Gasteiger partial charge in [0.05, 0.1) is 11.7 Å². The summed E-state index contributed by atoms with van der Waals surface area (Å²) in [7, 11) is 0. The van der Waals surface area contributed by atoms with Crippen molar-refractivity contribution < 1.29 is 24.1 Å². The summed E-state index contributed by atoms with van der Waals surface area (Å²) < 4.78 is 18.8. The quantitative estimate of drug-likeness (QED) is 0.275. The molecule has 3 aromatic rings. The van der Waals surface area contributed by atoms with E-state index >= 15 is 0 Å². The molecule has 2 aliphatic rings. The first-order chi connectivity index (χ1) is 18.9. The van der Waals surface area contributed by atoms with Gasteiger partial charge in [-0.3, -0.25) is 14.6 Å². The van der Waals surface area contributed by atoms with E-state index in [2.05, 4.69) is 10.2 Å². The van der Waals surface area contributed by atoms with Gasteiger partial charge in [-0.05, 0) is 108 Å². The van der Waals surface area contributed by atoms with Crippen molar-refractivity contribution in [1.82, 2.24) is 4.90 Å². The van der Waals surface area contributed by atoms with Crippen molar-refractivity contribution >= 4 is 34.5 Å². The molecule has 0 radical (unpaired) electrons. The molecule has 6 nitrogen and oxygen atoms in total. The number of likely N-dealkylation sites (tertiary alicyclic amines) is 1. The van der Waals surface area contributed by atoms with Crippen molar-refractivity contribution in [2.45, 2.75) is 38.2 Å². The molecule has 5 rings (SSSR count). The van der Waals surface area contributed by atoms with Gasteiger partial charge in [0, 0.05) is 25.3 Å². The molecule has 204 valence electrons. The molecule has 0 bridgehead atoms. The lowest BCUT2D eigenvalue weighted by molar-refractivity contribution is 0.198. The number of nitrogens with zero attached hydrogens (tertiary/aromatic N) is 1. The topological polar surface area (TPSA) is 82.0 Å². The Balaban J connectivity index is 1.50. The summed E-state index contributed by atoms with van der Waals surface area (Å²) in [6.45, 7) is 2.19. The van der Waals surface area contributed by atoms with E-state index < -0.39 is 6.09 Å². The highest BCUT2D eigenvalue weighted by Crippen LogP contribution is 2.43. The number of nitrogens with one attached hydrogen (secondary N) is 1. The van der Waals surface area contributed by atoms with E-state index in [4.69, 9.17) is 16.3 Å². The van der Waals surface area contributed by atoms with E-state index in [1.54, 1.807) is 18.2 Å². The highest BCUT2D eigenvalue weighted by molar-refractivity contribution is 6.33. The molecule has 0 spiro atoms. The van der Waals surface area contributed by atoms with Crippen LogP contribution in [0.4, 0.5) is 14.9 Å². The van der Waals surface area contributed by atoms with Crippen LogP contribution in [-0.4, -0.2) is 53.6 Å². The van der Waals surface area contributed by atoms with Crippen molar-refractivity contribution in [3.63, 3.8) is 0 Å². The van der Waals surface area contributed by atoms with Crippen molar-refractivity contribution in [1.29, 1.82) is 0 Å². The lowest BCUT2D eigenvalue weighted by Crippen LogP contribution is -2.26. The average molecular weight is 551 g/mol. The third kappa shape index (κ3) is 6.37. The van der Waals surface area contributed by atoms with Gasteiger partial charge in [0.25, 0.3) is 0 Å². The number of anilines is 1. The van der Waals surface area contributed by atoms with E-state index in [1.165, 1.54) is 0 Å². The maximum atomic E-state index is 12.5. The number of ether oxygens (including phenoxy) is 1. The lowest BCUT2D eigenvalue weighted by atomic mass is 9.87. The Labute approximate surface area is 232 Å². The number of aromatic hydroxyl groups is 1. The fraction of sp³-hybridized carbons (Fsp3) is 0.323. The van der Waals surface area contributed by atoms with Gasteiger partial charge in [-0.15, -0.1) is 0 Å². The number of allylic oxidation sites excluding steroid dienone is 1. The molecular formula is C31H32ClFN2O4. The monoisotopic (exact) mass is 550 g/mol. The number of amides is 1. The first-order valence-electron chi connectivity index (χ1n) is 13.3. The van der Waals surface area contributed by atoms with Crippen molar-refractivity contribution in [3.05, 3.63) is 87.9 Å². The number of benzene rings is 3. The van der Waals surface area contributed by atoms with E-state index in [0.29, 0.717) is 17.1 Å². The van der Waals surface area contributed by atoms with Crippen LogP contribution in [0.1, 0.15) is 47.9 Å². The molecule has 1 amide bonds. The largest absolute Gasteiger partial charge is 0.508 e. The summed E-state index contributed by atoms with van der Waals surface area (Å²) in [5, 5.41) is 22.1. The first kappa shape index (κ1) is 27.0. The summed E-state index contributed by atoms with van der Waals surface area (Å²) in [5.74, 6) is 0.900. The second kappa shape index (κ2) is 12.1. The van der Waals surface area contributed by atoms with E-state index in [-0.39, 0.29) is 18.5 Å². The number of fused-ring (bicyclic) bond motifs is 1. The van der Waals surface area contributed by atoms with E-state index in [1.807, 2.05) is 42.5 Å². The zero-order chi connectivity index (χ0) is 27.4. The second-order valence-electron chi connectivity index (χ2n) is 10.1. The molecule has 1 fully saturated rings. The number of alkyl halides is 1. The summed E-state index contributed by atoms with van der Waals surface area (Å²) in [5.41, 5.74) is 6.58. The molecule has 39 heavy (non-hydrogen) atoms. The fourth-order valence-electron chi connectivity index (χ4n) is 5.61. The lowest BCUT2D eigenvalue weighted by Gasteiger charge is -2.19. The van der Waals surface area contributed by atoms with Gasteiger partial charge in [0.2, 0.25) is 0 Å². The minimum atomic E-state index is -1.10. The highest BCUT2D eigenvalue weighted by Gasteiger charge is 2.25. The Kier molecular flexibility index (Phi) is 8.38. The zero-order valence-electron chi connectivity index (χ0n) is 21.6. The number of phenolic OH excluding ortho intramolecular Hbond substituents is 1. The molecule has 3 aromatic carbocycles. The van der Waals surface area contributed by atoms with Gasteiger partial charge in [0.15, 0.2) is 0 Å². The van der Waals surface area contributed by atoms with Gasteiger partial charge in [0.1, 0.15) is 17.6 Å². The van der Waals surface area contributed by atoms with Crippen molar-refractivity contribution in [3.8, 4) is 11.5 Å². The van der Waals surface area contributed by atoms with Gasteiger partial charge in [-0.25, -0.2) is 4.79 Å². The van der Waals surface area contributed by atoms with Crippen molar-refractivity contribution in [2.24, 2.45) is 0 Å². The average Bonchev–Trinajstić information content (AvgIpc) is 3.27. The predicted molar refractivity (Wildman–Crippen MR) is 153 cm³/mol. The number of hydrogen-bond acceptors (Lipinski definition) is 4. The smallest absolute Gasteiger partial charge is 0.409 e. The Morgan fingerprint density at radius 2 is 1.87 bits per heavy atom. The molecule has 1 aliphatic heterocycles. The van der Waals surface area contributed by atoms with Crippen LogP contribution in [-0.2, 0) is 6.42 Å². The van der Waals surface area contributed by atoms with E-state index in [9.17, 15) is 19.4 Å². The summed E-state index contributed by atoms with van der Waals surface area (Å²) in [6.07, 6.45) is 2.88. The number of carboxylic acid groups (broad SMARTS) is 1. The number of carbonyl (C=O) groups is 1. The minimum absolute atomic E-state index is 0.0832. The molecule has 1 heterocycles. The third-order valence-corrected chi connectivity index (χ3v) is 7.67. The van der Waals surface area contributed by atoms with E-state index in [0.717, 1.165) is 84.5 Å². The highest BCUT2D eigenvalue weighted by atomic mass is 35.5. The Morgan fingerprint density at radius 1 is 1.08 bits per heavy atom. The fourth-order valence-corrected chi connectivity index (χ4v) is 5.90. The minimum Gasteiger partial charge on any atom is -0.508 e. The maximum Gasteiger partial charge on any atom is 0.409 e. The molecule has 1 saturated heterocycles. The molecule has 1 aliphatic carbocycles. The van der Waals surface area contributed by atoms with Crippen LogP contribution in [0.2, 0.25) is 5.02 Å². The van der Waals surface area contributed by atoms with Gasteiger partial charge < -0.3 is 14.9 Å². The van der Waals surface area contributed by atoms with Crippen LogP contribution >= 0.6 is 11.6 Å². The second-order valence-corrected chi connectivity index (χ2v) is 10.5. The molecule has 3 N–H and O–H groups in total. The van der Waals surface area contributed by atoms with Gasteiger partial charge >= 0.3 is 6.09 Å². The number of phenols is 1. The first-order valence-corrected chi connectivity index (χ1v) is 13.7. The maximum absolute atomic E-state index is 12.5. The van der Waals surface area contributed by atoms with Crippen LogP contribution in [0, 0.1) is 0 Å².